The Hall–Kier alpha value is -5.92. The van der Waals surface area contributed by atoms with Crippen LogP contribution < -0.4 is 0 Å². The number of fused-ring (bicyclic) bond motifs is 13. The Morgan fingerprint density at radius 1 is 0.642 bits per heavy atom. The smallest absolute Gasteiger partial charge is 0.0722 e. The molecule has 0 radical (unpaired) electrons. The molecule has 0 saturated heterocycles. The monoisotopic (exact) mass is 679 g/mol. The van der Waals surface area contributed by atoms with Gasteiger partial charge in [-0.3, -0.25) is 0 Å². The molecule has 254 valence electrons. The van der Waals surface area contributed by atoms with E-state index in [1.54, 1.807) is 0 Å². The van der Waals surface area contributed by atoms with Crippen LogP contribution in [0.2, 0.25) is 0 Å². The van der Waals surface area contributed by atoms with Crippen LogP contribution in [-0.4, -0.2) is 4.57 Å². The highest BCUT2D eigenvalue weighted by molar-refractivity contribution is 6.09. The average molecular weight is 680 g/mol. The number of hydrogen-bond donors (Lipinski definition) is 0. The maximum atomic E-state index is 2.60. The van der Waals surface area contributed by atoms with Crippen LogP contribution in [0.4, 0.5) is 0 Å². The van der Waals surface area contributed by atoms with E-state index in [1.807, 2.05) is 0 Å². The lowest BCUT2D eigenvalue weighted by Crippen LogP contribution is -2.27. The van der Waals surface area contributed by atoms with Gasteiger partial charge in [0.15, 0.2) is 0 Å². The van der Waals surface area contributed by atoms with E-state index in [1.165, 1.54) is 88.7 Å². The number of rotatable bonds is 3. The van der Waals surface area contributed by atoms with Crippen molar-refractivity contribution in [2.45, 2.75) is 43.9 Å². The molecule has 11 rings (SSSR count). The van der Waals surface area contributed by atoms with Crippen LogP contribution >= 0.6 is 0 Å². The minimum absolute atomic E-state index is 0.370. The Labute approximate surface area is 311 Å². The van der Waals surface area contributed by atoms with Crippen molar-refractivity contribution >= 4 is 27.4 Å². The first kappa shape index (κ1) is 30.7. The van der Waals surface area contributed by atoms with Crippen molar-refractivity contribution in [3.63, 3.8) is 0 Å². The highest BCUT2D eigenvalue weighted by Crippen LogP contribution is 2.63. The summed E-state index contributed by atoms with van der Waals surface area (Å²) in [4.78, 5) is 0. The normalized spacial score (nSPS) is 22.3. The molecule has 0 bridgehead atoms. The van der Waals surface area contributed by atoms with Crippen molar-refractivity contribution in [3.05, 3.63) is 214 Å². The van der Waals surface area contributed by atoms with Gasteiger partial charge in [-0.25, -0.2) is 0 Å². The first-order valence-electron chi connectivity index (χ1n) is 19.3. The largest absolute Gasteiger partial charge is 0.309 e. The number of aryl methyl sites for hydroxylation is 1. The van der Waals surface area contributed by atoms with Gasteiger partial charge in [-0.05, 0) is 124 Å². The number of para-hydroxylation sites is 2. The molecule has 0 amide bonds. The maximum absolute atomic E-state index is 2.60. The van der Waals surface area contributed by atoms with Crippen LogP contribution in [-0.2, 0) is 11.8 Å². The third kappa shape index (κ3) is 4.14. The van der Waals surface area contributed by atoms with Crippen LogP contribution in [0.5, 0.6) is 0 Å². The van der Waals surface area contributed by atoms with Gasteiger partial charge >= 0.3 is 0 Å². The first-order valence-corrected chi connectivity index (χ1v) is 19.3. The molecule has 1 nitrogen and oxygen atoms in total. The lowest BCUT2D eigenvalue weighted by Gasteiger charge is -2.33. The number of aromatic nitrogens is 1. The number of hydrogen-bond acceptors (Lipinski definition) is 0. The fourth-order valence-corrected chi connectivity index (χ4v) is 10.9. The standard InChI is InChI=1S/C52H41N/c1-3-14-46-33(2)37-16-8-11-22-47(37)52(46)48-29-26-35(39-28-25-34-15-4-5-17-38(34)40-18-6-7-19-41(39)40)31-44(48)45-32-36(27-30-49(45)52)53-50-23-12-9-20-42(50)43-21-10-13-24-51(43)53/h3-24,26-27,29-32,39-41H,25,28H2,1-2H3/b14-3-/t39-,40?,41?,52?/m1/s1. The van der Waals surface area contributed by atoms with E-state index in [4.69, 9.17) is 0 Å². The van der Waals surface area contributed by atoms with E-state index in [2.05, 4.69) is 188 Å². The minimum atomic E-state index is -0.370. The second-order valence-electron chi connectivity index (χ2n) is 15.5. The van der Waals surface area contributed by atoms with Gasteiger partial charge in [0.2, 0.25) is 0 Å². The zero-order chi connectivity index (χ0) is 35.3. The van der Waals surface area contributed by atoms with Crippen LogP contribution in [0.25, 0.3) is 44.2 Å². The zero-order valence-electron chi connectivity index (χ0n) is 30.3. The predicted molar refractivity (Wildman–Crippen MR) is 222 cm³/mol. The average Bonchev–Trinajstić information content (AvgIpc) is 3.73. The van der Waals surface area contributed by atoms with E-state index in [-0.39, 0.29) is 5.41 Å². The summed E-state index contributed by atoms with van der Waals surface area (Å²) in [5.41, 5.74) is 18.8. The molecule has 0 aliphatic heterocycles. The van der Waals surface area contributed by atoms with Crippen molar-refractivity contribution in [2.24, 2.45) is 5.92 Å². The number of allylic oxidation sites excluding steroid dienone is 8. The topological polar surface area (TPSA) is 4.93 Å². The van der Waals surface area contributed by atoms with E-state index < -0.39 is 0 Å². The van der Waals surface area contributed by atoms with E-state index >= 15 is 0 Å². The van der Waals surface area contributed by atoms with E-state index in [0.29, 0.717) is 17.8 Å². The molecule has 4 aliphatic carbocycles. The first-order chi connectivity index (χ1) is 26.2. The SMILES string of the molecule is C/C=C\C1=C(C)c2ccccc2C12c1ccc([C@H]3CCc4ccccc4C4C=CC=CC43)cc1-c1cc(-n3c4ccccc4c4ccccc43)ccc12. The lowest BCUT2D eigenvalue weighted by molar-refractivity contribution is 0.455. The fourth-order valence-electron chi connectivity index (χ4n) is 10.9. The van der Waals surface area contributed by atoms with E-state index in [0.717, 1.165) is 12.8 Å². The van der Waals surface area contributed by atoms with Crippen LogP contribution in [0, 0.1) is 5.92 Å². The number of benzene rings is 6. The lowest BCUT2D eigenvalue weighted by atomic mass is 9.69. The summed E-state index contributed by atoms with van der Waals surface area (Å²) >= 11 is 0. The molecule has 0 fully saturated rings. The molecule has 1 spiro atoms. The second-order valence-corrected chi connectivity index (χ2v) is 15.5. The highest BCUT2D eigenvalue weighted by Gasteiger charge is 2.52. The summed E-state index contributed by atoms with van der Waals surface area (Å²) in [6.45, 7) is 4.49. The third-order valence-electron chi connectivity index (χ3n) is 13.1. The molecule has 4 aliphatic rings. The van der Waals surface area contributed by atoms with Crippen molar-refractivity contribution in [3.8, 4) is 16.8 Å². The van der Waals surface area contributed by atoms with Gasteiger partial charge < -0.3 is 4.57 Å². The van der Waals surface area contributed by atoms with Gasteiger partial charge in [0, 0.05) is 22.4 Å². The van der Waals surface area contributed by atoms with Gasteiger partial charge in [-0.2, -0.15) is 0 Å². The van der Waals surface area contributed by atoms with E-state index in [9.17, 15) is 0 Å². The number of nitrogens with zero attached hydrogens (tertiary/aromatic N) is 1. The Morgan fingerprint density at radius 3 is 2.11 bits per heavy atom. The van der Waals surface area contributed by atoms with Crippen molar-refractivity contribution in [2.75, 3.05) is 0 Å². The van der Waals surface area contributed by atoms with Gasteiger partial charge in [0.1, 0.15) is 0 Å². The summed E-state index contributed by atoms with van der Waals surface area (Å²) in [7, 11) is 0. The molecule has 1 heteroatoms. The summed E-state index contributed by atoms with van der Waals surface area (Å²) in [6.07, 6.45) is 16.3. The Bertz CT molecular complexity index is 2730. The van der Waals surface area contributed by atoms with Crippen LogP contribution in [0.3, 0.4) is 0 Å². The van der Waals surface area contributed by atoms with Crippen molar-refractivity contribution < 1.29 is 0 Å². The quantitative estimate of drug-likeness (QED) is 0.175. The predicted octanol–water partition coefficient (Wildman–Crippen LogP) is 13.0. The van der Waals surface area contributed by atoms with Crippen molar-refractivity contribution in [1.29, 1.82) is 0 Å². The third-order valence-corrected chi connectivity index (χ3v) is 13.1. The maximum Gasteiger partial charge on any atom is 0.0722 e. The van der Waals surface area contributed by atoms with Crippen molar-refractivity contribution in [1.82, 2.24) is 4.57 Å². The molecule has 4 atom stereocenters. The van der Waals surface area contributed by atoms with Gasteiger partial charge in [0.25, 0.3) is 0 Å². The molecule has 3 unspecified atom stereocenters. The summed E-state index contributed by atoms with van der Waals surface area (Å²) in [5, 5.41) is 2.58. The van der Waals surface area contributed by atoms with Crippen LogP contribution in [0.1, 0.15) is 71.0 Å². The summed E-state index contributed by atoms with van der Waals surface area (Å²) in [5.74, 6) is 1.24. The fraction of sp³-hybridized carbons (Fsp3) is 0.154. The highest BCUT2D eigenvalue weighted by atomic mass is 15.0. The molecule has 7 aromatic rings. The molecule has 6 aromatic carbocycles. The molecule has 53 heavy (non-hydrogen) atoms. The summed E-state index contributed by atoms with van der Waals surface area (Å²) in [6, 6.07) is 51.0. The molecule has 0 saturated carbocycles. The van der Waals surface area contributed by atoms with Gasteiger partial charge in [0.05, 0.1) is 16.4 Å². The van der Waals surface area contributed by atoms with Gasteiger partial charge in [-0.15, -0.1) is 0 Å². The Morgan fingerprint density at radius 2 is 1.30 bits per heavy atom. The minimum Gasteiger partial charge on any atom is -0.309 e. The Balaban J connectivity index is 1.17. The Kier molecular flexibility index (Phi) is 6.68. The molecule has 0 N–H and O–H groups in total. The molecule has 1 heterocycles. The second kappa shape index (κ2) is 11.5. The van der Waals surface area contributed by atoms with Gasteiger partial charge in [-0.1, -0.05) is 146 Å². The molecule has 1 aromatic heterocycles. The molecular formula is C52H41N. The van der Waals surface area contributed by atoms with Crippen LogP contribution in [0.15, 0.2) is 175 Å². The zero-order valence-corrected chi connectivity index (χ0v) is 30.3. The summed E-state index contributed by atoms with van der Waals surface area (Å²) < 4.78 is 2.47. The molecular weight excluding hydrogens is 639 g/mol.